The zero-order valence-electron chi connectivity index (χ0n) is 15.4. The molecule has 2 aromatic carbocycles. The fraction of sp³-hybridized carbons (Fsp3) is 0.333. The van der Waals surface area contributed by atoms with Crippen LogP contribution in [-0.4, -0.2) is 51.4 Å². The number of carbonyl (C=O) groups is 1. The number of nitrogens with zero attached hydrogens (tertiary/aromatic N) is 4. The van der Waals surface area contributed by atoms with E-state index in [0.29, 0.717) is 11.4 Å². The smallest absolute Gasteiger partial charge is 0.227 e. The number of rotatable bonds is 4. The van der Waals surface area contributed by atoms with Gasteiger partial charge in [-0.05, 0) is 23.8 Å². The molecule has 4 rings (SSSR count). The molecule has 2 heterocycles. The van der Waals surface area contributed by atoms with Gasteiger partial charge in [0, 0.05) is 38.2 Å². The minimum absolute atomic E-state index is 0.144. The van der Waals surface area contributed by atoms with E-state index in [1.807, 2.05) is 47.4 Å². The number of amides is 1. The summed E-state index contributed by atoms with van der Waals surface area (Å²) in [7, 11) is 2.06. The van der Waals surface area contributed by atoms with Crippen LogP contribution >= 0.6 is 11.6 Å². The molecule has 1 aliphatic rings. The highest BCUT2D eigenvalue weighted by Gasteiger charge is 2.22. The molecule has 0 saturated carbocycles. The summed E-state index contributed by atoms with van der Waals surface area (Å²) in [6, 6.07) is 15.8. The summed E-state index contributed by atoms with van der Waals surface area (Å²) in [4.78, 5) is 21.6. The predicted octanol–water partition coefficient (Wildman–Crippen LogP) is 3.11. The molecule has 0 N–H and O–H groups in total. The van der Waals surface area contributed by atoms with E-state index >= 15 is 0 Å². The molecule has 1 saturated heterocycles. The number of aryl methyl sites for hydroxylation is 1. The zero-order valence-corrected chi connectivity index (χ0v) is 16.2. The first-order valence-corrected chi connectivity index (χ1v) is 9.63. The van der Waals surface area contributed by atoms with Crippen LogP contribution in [0.25, 0.3) is 11.0 Å². The van der Waals surface area contributed by atoms with E-state index in [9.17, 15) is 4.79 Å². The molecule has 140 valence electrons. The number of aromatic nitrogens is 2. The molecule has 1 amide bonds. The van der Waals surface area contributed by atoms with Crippen molar-refractivity contribution in [3.05, 3.63) is 64.9 Å². The number of fused-ring (bicyclic) bond motifs is 1. The maximum atomic E-state index is 12.6. The number of imidazole rings is 1. The summed E-state index contributed by atoms with van der Waals surface area (Å²) >= 11 is 6.18. The molecule has 0 bridgehead atoms. The second-order valence-corrected chi connectivity index (χ2v) is 7.41. The van der Waals surface area contributed by atoms with Crippen molar-refractivity contribution in [2.75, 3.05) is 26.2 Å². The number of para-hydroxylation sites is 2. The highest BCUT2D eigenvalue weighted by atomic mass is 35.5. The fourth-order valence-electron chi connectivity index (χ4n) is 3.61. The fourth-order valence-corrected chi connectivity index (χ4v) is 3.81. The van der Waals surface area contributed by atoms with E-state index in [2.05, 4.69) is 22.6 Å². The molecule has 5 nitrogen and oxygen atoms in total. The Hall–Kier alpha value is -2.37. The molecular formula is C21H23ClN4O. The monoisotopic (exact) mass is 382 g/mol. The Labute approximate surface area is 164 Å². The molecular weight excluding hydrogens is 360 g/mol. The van der Waals surface area contributed by atoms with Crippen molar-refractivity contribution in [1.29, 1.82) is 0 Å². The van der Waals surface area contributed by atoms with E-state index in [4.69, 9.17) is 16.6 Å². The molecule has 0 unspecified atom stereocenters. The Morgan fingerprint density at radius 2 is 1.74 bits per heavy atom. The first-order chi connectivity index (χ1) is 13.1. The zero-order chi connectivity index (χ0) is 18.8. The van der Waals surface area contributed by atoms with E-state index in [-0.39, 0.29) is 5.91 Å². The average Bonchev–Trinajstić information content (AvgIpc) is 3.00. The highest BCUT2D eigenvalue weighted by molar-refractivity contribution is 6.31. The number of benzene rings is 2. The lowest BCUT2D eigenvalue weighted by Gasteiger charge is -2.34. The number of hydrogen-bond donors (Lipinski definition) is 0. The van der Waals surface area contributed by atoms with E-state index < -0.39 is 0 Å². The van der Waals surface area contributed by atoms with Gasteiger partial charge in [0.1, 0.15) is 5.82 Å². The van der Waals surface area contributed by atoms with Crippen LogP contribution < -0.4 is 0 Å². The second kappa shape index (κ2) is 7.71. The Morgan fingerprint density at radius 1 is 1.04 bits per heavy atom. The van der Waals surface area contributed by atoms with Gasteiger partial charge in [0.15, 0.2) is 0 Å². The molecule has 0 spiro atoms. The van der Waals surface area contributed by atoms with Crippen LogP contribution in [0.2, 0.25) is 5.02 Å². The minimum Gasteiger partial charge on any atom is -0.340 e. The maximum absolute atomic E-state index is 12.6. The SMILES string of the molecule is Cn1c(CN2CCN(C(=O)Cc3ccccc3Cl)CC2)nc2ccccc21. The van der Waals surface area contributed by atoms with Crippen molar-refractivity contribution < 1.29 is 4.79 Å². The first-order valence-electron chi connectivity index (χ1n) is 9.25. The van der Waals surface area contributed by atoms with Gasteiger partial charge in [-0.25, -0.2) is 4.98 Å². The largest absolute Gasteiger partial charge is 0.340 e. The molecule has 0 aliphatic carbocycles. The summed E-state index contributed by atoms with van der Waals surface area (Å²) < 4.78 is 2.16. The van der Waals surface area contributed by atoms with Gasteiger partial charge in [-0.15, -0.1) is 0 Å². The number of carbonyl (C=O) groups excluding carboxylic acids is 1. The third-order valence-electron chi connectivity index (χ3n) is 5.27. The Kier molecular flexibility index (Phi) is 5.14. The van der Waals surface area contributed by atoms with E-state index in [1.54, 1.807) is 0 Å². The Bertz CT molecular complexity index is 960. The summed E-state index contributed by atoms with van der Waals surface area (Å²) in [5, 5.41) is 0.659. The Morgan fingerprint density at radius 3 is 2.48 bits per heavy atom. The van der Waals surface area contributed by atoms with Crippen molar-refractivity contribution in [2.45, 2.75) is 13.0 Å². The minimum atomic E-state index is 0.144. The topological polar surface area (TPSA) is 41.4 Å². The Balaban J connectivity index is 1.35. The third kappa shape index (κ3) is 3.84. The normalized spacial score (nSPS) is 15.4. The molecule has 1 aliphatic heterocycles. The van der Waals surface area contributed by atoms with Crippen LogP contribution in [0.5, 0.6) is 0 Å². The lowest BCUT2D eigenvalue weighted by Crippen LogP contribution is -2.48. The molecule has 0 atom stereocenters. The van der Waals surface area contributed by atoms with Crippen molar-refractivity contribution in [3.63, 3.8) is 0 Å². The molecule has 3 aromatic rings. The van der Waals surface area contributed by atoms with Gasteiger partial charge < -0.3 is 9.47 Å². The van der Waals surface area contributed by atoms with Crippen molar-refractivity contribution in [1.82, 2.24) is 19.4 Å². The van der Waals surface area contributed by atoms with Crippen LogP contribution in [0, 0.1) is 0 Å². The van der Waals surface area contributed by atoms with Crippen LogP contribution in [-0.2, 0) is 24.8 Å². The van der Waals surface area contributed by atoms with Crippen molar-refractivity contribution in [2.24, 2.45) is 7.05 Å². The molecule has 1 aromatic heterocycles. The molecule has 6 heteroatoms. The van der Waals surface area contributed by atoms with Gasteiger partial charge in [0.05, 0.1) is 24.0 Å². The van der Waals surface area contributed by atoms with Gasteiger partial charge in [0.2, 0.25) is 5.91 Å². The summed E-state index contributed by atoms with van der Waals surface area (Å²) in [6.45, 7) is 4.01. The predicted molar refractivity (Wildman–Crippen MR) is 108 cm³/mol. The standard InChI is InChI=1S/C21H23ClN4O/c1-24-19-9-5-4-8-18(19)23-20(24)15-25-10-12-26(13-11-25)21(27)14-16-6-2-3-7-17(16)22/h2-9H,10-15H2,1H3. The number of hydrogen-bond acceptors (Lipinski definition) is 3. The van der Waals surface area contributed by atoms with Gasteiger partial charge in [-0.1, -0.05) is 41.9 Å². The van der Waals surface area contributed by atoms with Crippen LogP contribution in [0.15, 0.2) is 48.5 Å². The van der Waals surface area contributed by atoms with E-state index in [1.165, 1.54) is 0 Å². The summed E-state index contributed by atoms with van der Waals surface area (Å²) in [5.74, 6) is 1.21. The summed E-state index contributed by atoms with van der Waals surface area (Å²) in [5.41, 5.74) is 3.08. The molecule has 1 fully saturated rings. The van der Waals surface area contributed by atoms with Crippen LogP contribution in [0.3, 0.4) is 0 Å². The van der Waals surface area contributed by atoms with Gasteiger partial charge in [-0.2, -0.15) is 0 Å². The summed E-state index contributed by atoms with van der Waals surface area (Å²) in [6.07, 6.45) is 0.366. The first kappa shape index (κ1) is 18.0. The van der Waals surface area contributed by atoms with Crippen molar-refractivity contribution >= 4 is 28.5 Å². The van der Waals surface area contributed by atoms with Crippen LogP contribution in [0.4, 0.5) is 0 Å². The number of halogens is 1. The van der Waals surface area contributed by atoms with Crippen LogP contribution in [0.1, 0.15) is 11.4 Å². The molecule has 0 radical (unpaired) electrons. The lowest BCUT2D eigenvalue weighted by molar-refractivity contribution is -0.132. The quantitative estimate of drug-likeness (QED) is 0.696. The molecule has 27 heavy (non-hydrogen) atoms. The third-order valence-corrected chi connectivity index (χ3v) is 5.64. The number of piperazine rings is 1. The maximum Gasteiger partial charge on any atom is 0.227 e. The van der Waals surface area contributed by atoms with Gasteiger partial charge in [-0.3, -0.25) is 9.69 Å². The van der Waals surface area contributed by atoms with Gasteiger partial charge in [0.25, 0.3) is 0 Å². The van der Waals surface area contributed by atoms with Crippen molar-refractivity contribution in [3.8, 4) is 0 Å². The second-order valence-electron chi connectivity index (χ2n) is 7.00. The van der Waals surface area contributed by atoms with Gasteiger partial charge >= 0.3 is 0 Å². The van der Waals surface area contributed by atoms with E-state index in [0.717, 1.165) is 55.1 Å². The lowest BCUT2D eigenvalue weighted by atomic mass is 10.1. The highest BCUT2D eigenvalue weighted by Crippen LogP contribution is 2.18. The average molecular weight is 383 g/mol.